The van der Waals surface area contributed by atoms with Crippen molar-refractivity contribution in [3.05, 3.63) is 34.9 Å². The highest BCUT2D eigenvalue weighted by atomic mass is 14.9. The van der Waals surface area contributed by atoms with Crippen LogP contribution in [0.2, 0.25) is 0 Å². The van der Waals surface area contributed by atoms with Gasteiger partial charge in [0.15, 0.2) is 0 Å². The average molecular weight is 260 g/mol. The van der Waals surface area contributed by atoms with Gasteiger partial charge < -0.3 is 10.6 Å². The third kappa shape index (κ3) is 3.80. The van der Waals surface area contributed by atoms with Gasteiger partial charge in [0.05, 0.1) is 0 Å². The molecule has 19 heavy (non-hydrogen) atoms. The Labute approximate surface area is 118 Å². The molecule has 2 heteroatoms. The Kier molecular flexibility index (Phi) is 4.64. The van der Waals surface area contributed by atoms with Gasteiger partial charge in [-0.3, -0.25) is 0 Å². The van der Waals surface area contributed by atoms with Gasteiger partial charge in [0.2, 0.25) is 0 Å². The van der Waals surface area contributed by atoms with Gasteiger partial charge in [-0.05, 0) is 56.9 Å². The first-order valence-corrected chi connectivity index (χ1v) is 7.48. The third-order valence-electron chi connectivity index (χ3n) is 4.27. The summed E-state index contributed by atoms with van der Waals surface area (Å²) >= 11 is 0. The van der Waals surface area contributed by atoms with Crippen LogP contribution in [0.25, 0.3) is 0 Å². The molecule has 0 aromatic heterocycles. The van der Waals surface area contributed by atoms with E-state index in [1.54, 1.807) is 0 Å². The standard InChI is InChI=1S/C17H28N2/c1-13-5-6-16(14(2)9-13)17(3,4)12-19-11-15-7-8-18-10-15/h5-6,9,15,18-19H,7-8,10-12H2,1-4H3. The van der Waals surface area contributed by atoms with Crippen molar-refractivity contribution in [3.63, 3.8) is 0 Å². The van der Waals surface area contributed by atoms with E-state index < -0.39 is 0 Å². The normalized spacial score (nSPS) is 19.9. The summed E-state index contributed by atoms with van der Waals surface area (Å²) in [4.78, 5) is 0. The first-order chi connectivity index (χ1) is 8.99. The smallest absolute Gasteiger partial charge is 0.00434 e. The first kappa shape index (κ1) is 14.5. The van der Waals surface area contributed by atoms with Crippen molar-refractivity contribution in [2.45, 2.75) is 39.5 Å². The summed E-state index contributed by atoms with van der Waals surface area (Å²) in [5, 5.41) is 7.09. The maximum Gasteiger partial charge on any atom is 0.00434 e. The third-order valence-corrected chi connectivity index (χ3v) is 4.27. The molecule has 1 atom stereocenters. The molecule has 1 aromatic rings. The van der Waals surface area contributed by atoms with Crippen LogP contribution in [0.5, 0.6) is 0 Å². The van der Waals surface area contributed by atoms with Gasteiger partial charge in [0, 0.05) is 12.0 Å². The van der Waals surface area contributed by atoms with Crippen molar-refractivity contribution >= 4 is 0 Å². The number of benzene rings is 1. The highest BCUT2D eigenvalue weighted by molar-refractivity contribution is 5.35. The first-order valence-electron chi connectivity index (χ1n) is 7.48. The van der Waals surface area contributed by atoms with Gasteiger partial charge in [-0.15, -0.1) is 0 Å². The van der Waals surface area contributed by atoms with Crippen molar-refractivity contribution in [2.24, 2.45) is 5.92 Å². The predicted molar refractivity (Wildman–Crippen MR) is 82.8 cm³/mol. The molecule has 1 saturated heterocycles. The van der Waals surface area contributed by atoms with E-state index in [0.29, 0.717) is 0 Å². The summed E-state index contributed by atoms with van der Waals surface area (Å²) in [7, 11) is 0. The molecule has 0 saturated carbocycles. The summed E-state index contributed by atoms with van der Waals surface area (Å²) in [5.74, 6) is 0.815. The molecule has 0 amide bonds. The summed E-state index contributed by atoms with van der Waals surface area (Å²) in [6.45, 7) is 13.6. The number of hydrogen-bond acceptors (Lipinski definition) is 2. The lowest BCUT2D eigenvalue weighted by Gasteiger charge is -2.28. The molecular formula is C17H28N2. The van der Waals surface area contributed by atoms with Crippen molar-refractivity contribution < 1.29 is 0 Å². The minimum atomic E-state index is 0.198. The summed E-state index contributed by atoms with van der Waals surface area (Å²) in [6, 6.07) is 6.81. The molecule has 1 unspecified atom stereocenters. The van der Waals surface area contributed by atoms with E-state index in [-0.39, 0.29) is 5.41 Å². The lowest BCUT2D eigenvalue weighted by Crippen LogP contribution is -2.36. The molecule has 1 fully saturated rings. The van der Waals surface area contributed by atoms with Crippen LogP contribution in [0.4, 0.5) is 0 Å². The van der Waals surface area contributed by atoms with Crippen LogP contribution in [0.3, 0.4) is 0 Å². The minimum Gasteiger partial charge on any atom is -0.316 e. The highest BCUT2D eigenvalue weighted by Crippen LogP contribution is 2.26. The number of hydrogen-bond donors (Lipinski definition) is 2. The highest BCUT2D eigenvalue weighted by Gasteiger charge is 2.23. The molecule has 2 N–H and O–H groups in total. The van der Waals surface area contributed by atoms with Crippen LogP contribution in [0.15, 0.2) is 18.2 Å². The summed E-state index contributed by atoms with van der Waals surface area (Å²) in [5.41, 5.74) is 4.43. The van der Waals surface area contributed by atoms with Crippen molar-refractivity contribution in [2.75, 3.05) is 26.2 Å². The zero-order valence-electron chi connectivity index (χ0n) is 12.8. The lowest BCUT2D eigenvalue weighted by atomic mass is 9.81. The van der Waals surface area contributed by atoms with Crippen LogP contribution >= 0.6 is 0 Å². The van der Waals surface area contributed by atoms with Crippen LogP contribution in [0, 0.1) is 19.8 Å². The minimum absolute atomic E-state index is 0.198. The molecular weight excluding hydrogens is 232 g/mol. The van der Waals surface area contributed by atoms with E-state index >= 15 is 0 Å². The second-order valence-corrected chi connectivity index (χ2v) is 6.69. The fourth-order valence-corrected chi connectivity index (χ4v) is 3.15. The Morgan fingerprint density at radius 2 is 2.11 bits per heavy atom. The SMILES string of the molecule is Cc1ccc(C(C)(C)CNCC2CCNC2)c(C)c1. The van der Waals surface area contributed by atoms with Gasteiger partial charge in [-0.1, -0.05) is 37.6 Å². The summed E-state index contributed by atoms with van der Waals surface area (Å²) < 4.78 is 0. The molecule has 2 nitrogen and oxygen atoms in total. The Balaban J connectivity index is 1.92. The second kappa shape index (κ2) is 6.06. The quantitative estimate of drug-likeness (QED) is 0.850. The number of rotatable bonds is 5. The molecule has 1 aromatic carbocycles. The molecule has 1 aliphatic heterocycles. The van der Waals surface area contributed by atoms with E-state index in [1.807, 2.05) is 0 Å². The molecule has 1 aliphatic rings. The van der Waals surface area contributed by atoms with Crippen molar-refractivity contribution in [1.29, 1.82) is 0 Å². The van der Waals surface area contributed by atoms with E-state index in [9.17, 15) is 0 Å². The van der Waals surface area contributed by atoms with Crippen LogP contribution in [-0.4, -0.2) is 26.2 Å². The zero-order valence-corrected chi connectivity index (χ0v) is 12.8. The molecule has 2 rings (SSSR count). The van der Waals surface area contributed by atoms with Crippen LogP contribution in [-0.2, 0) is 5.41 Å². The Morgan fingerprint density at radius 1 is 1.32 bits per heavy atom. The second-order valence-electron chi connectivity index (χ2n) is 6.69. The Hall–Kier alpha value is -0.860. The Morgan fingerprint density at radius 3 is 2.74 bits per heavy atom. The molecule has 0 spiro atoms. The average Bonchev–Trinajstić information content (AvgIpc) is 2.81. The fraction of sp³-hybridized carbons (Fsp3) is 0.647. The monoisotopic (exact) mass is 260 g/mol. The maximum absolute atomic E-state index is 3.67. The number of nitrogens with one attached hydrogen (secondary N) is 2. The van der Waals surface area contributed by atoms with E-state index in [1.165, 1.54) is 36.2 Å². The zero-order chi connectivity index (χ0) is 13.9. The van der Waals surface area contributed by atoms with Gasteiger partial charge in [-0.25, -0.2) is 0 Å². The van der Waals surface area contributed by atoms with Crippen LogP contribution < -0.4 is 10.6 Å². The molecule has 0 aliphatic carbocycles. The number of aryl methyl sites for hydroxylation is 2. The topological polar surface area (TPSA) is 24.1 Å². The van der Waals surface area contributed by atoms with Gasteiger partial charge in [0.1, 0.15) is 0 Å². The predicted octanol–water partition coefficient (Wildman–Crippen LogP) is 2.78. The largest absolute Gasteiger partial charge is 0.316 e. The van der Waals surface area contributed by atoms with E-state index in [4.69, 9.17) is 0 Å². The van der Waals surface area contributed by atoms with Crippen molar-refractivity contribution in [1.82, 2.24) is 10.6 Å². The van der Waals surface area contributed by atoms with Gasteiger partial charge in [-0.2, -0.15) is 0 Å². The molecule has 0 radical (unpaired) electrons. The molecule has 1 heterocycles. The Bertz CT molecular complexity index is 417. The fourth-order valence-electron chi connectivity index (χ4n) is 3.15. The van der Waals surface area contributed by atoms with E-state index in [0.717, 1.165) is 19.0 Å². The van der Waals surface area contributed by atoms with Gasteiger partial charge in [0.25, 0.3) is 0 Å². The molecule has 106 valence electrons. The van der Waals surface area contributed by atoms with Crippen molar-refractivity contribution in [3.8, 4) is 0 Å². The maximum atomic E-state index is 3.67. The molecule has 0 bridgehead atoms. The van der Waals surface area contributed by atoms with Gasteiger partial charge >= 0.3 is 0 Å². The summed E-state index contributed by atoms with van der Waals surface area (Å²) in [6.07, 6.45) is 1.32. The van der Waals surface area contributed by atoms with Crippen LogP contribution in [0.1, 0.15) is 37.0 Å². The lowest BCUT2D eigenvalue weighted by molar-refractivity contribution is 0.430. The van der Waals surface area contributed by atoms with E-state index in [2.05, 4.69) is 56.5 Å².